The molecule has 0 aromatic heterocycles. The van der Waals surface area contributed by atoms with Gasteiger partial charge in [-0.2, -0.15) is 0 Å². The first-order valence-corrected chi connectivity index (χ1v) is 8.79. The number of hydrogen-bond acceptors (Lipinski definition) is 2. The van der Waals surface area contributed by atoms with Crippen molar-refractivity contribution in [2.24, 2.45) is 5.92 Å². The summed E-state index contributed by atoms with van der Waals surface area (Å²) in [5.74, 6) is 0.609. The van der Waals surface area contributed by atoms with E-state index >= 15 is 0 Å². The van der Waals surface area contributed by atoms with Crippen LogP contribution in [0.4, 0.5) is 0 Å². The molecule has 1 N–H and O–H groups in total. The third-order valence-electron chi connectivity index (χ3n) is 3.39. The van der Waals surface area contributed by atoms with Gasteiger partial charge in [-0.1, -0.05) is 41.1 Å². The Bertz CT molecular complexity index is 400. The van der Waals surface area contributed by atoms with E-state index in [1.165, 1.54) is 16.5 Å². The zero-order valence-corrected chi connectivity index (χ0v) is 15.5. The molecule has 0 radical (unpaired) electrons. The van der Waals surface area contributed by atoms with Crippen LogP contribution in [0.1, 0.15) is 46.1 Å². The van der Waals surface area contributed by atoms with Crippen LogP contribution in [0, 0.1) is 5.92 Å². The topological polar surface area (TPSA) is 21.3 Å². The number of ether oxygens (including phenoxy) is 1. The van der Waals surface area contributed by atoms with Crippen LogP contribution in [0.25, 0.3) is 0 Å². The van der Waals surface area contributed by atoms with Crippen molar-refractivity contribution in [1.29, 1.82) is 0 Å². The summed E-state index contributed by atoms with van der Waals surface area (Å²) in [5.41, 5.74) is 1.34. The molecular weight excluding hydrogens is 326 g/mol. The van der Waals surface area contributed by atoms with E-state index in [-0.39, 0.29) is 5.60 Å². The van der Waals surface area contributed by atoms with Crippen LogP contribution in [0.15, 0.2) is 28.7 Å². The average molecular weight is 356 g/mol. The molecule has 1 aromatic rings. The van der Waals surface area contributed by atoms with Gasteiger partial charge in [0.25, 0.3) is 0 Å². The van der Waals surface area contributed by atoms with Gasteiger partial charge in [0.15, 0.2) is 0 Å². The molecule has 0 saturated heterocycles. The highest BCUT2D eigenvalue weighted by Crippen LogP contribution is 2.21. The SMILES string of the molecule is CCCNCC(CCOC(C)(C)C)Cc1ccccc1Br. The zero-order valence-electron chi connectivity index (χ0n) is 13.9. The summed E-state index contributed by atoms with van der Waals surface area (Å²) in [5, 5.41) is 3.55. The standard InChI is InChI=1S/C18H30BrNO/c1-5-11-20-14-15(10-12-21-18(2,3)4)13-16-8-6-7-9-17(16)19/h6-9,15,20H,5,10-14H2,1-4H3. The lowest BCUT2D eigenvalue weighted by Gasteiger charge is -2.23. The normalized spacial score (nSPS) is 13.4. The minimum absolute atomic E-state index is 0.0469. The van der Waals surface area contributed by atoms with Crippen LogP contribution in [0.2, 0.25) is 0 Å². The first kappa shape index (κ1) is 18.7. The Kier molecular flexibility index (Phi) is 8.53. The second-order valence-corrected chi connectivity index (χ2v) is 7.47. The molecule has 0 amide bonds. The number of halogens is 1. The summed E-state index contributed by atoms with van der Waals surface area (Å²) in [4.78, 5) is 0. The maximum Gasteiger partial charge on any atom is 0.0598 e. The lowest BCUT2D eigenvalue weighted by atomic mass is 9.96. The highest BCUT2D eigenvalue weighted by atomic mass is 79.9. The van der Waals surface area contributed by atoms with Crippen LogP contribution in [0.3, 0.4) is 0 Å². The van der Waals surface area contributed by atoms with Gasteiger partial charge < -0.3 is 10.1 Å². The summed E-state index contributed by atoms with van der Waals surface area (Å²) in [7, 11) is 0. The molecule has 120 valence electrons. The van der Waals surface area contributed by atoms with E-state index in [0.717, 1.165) is 32.5 Å². The number of rotatable bonds is 9. The Hall–Kier alpha value is -0.380. The van der Waals surface area contributed by atoms with E-state index < -0.39 is 0 Å². The minimum atomic E-state index is -0.0469. The maximum absolute atomic E-state index is 5.89. The third kappa shape index (κ3) is 8.60. The smallest absolute Gasteiger partial charge is 0.0598 e. The second kappa shape index (κ2) is 9.60. The molecule has 0 saturated carbocycles. The maximum atomic E-state index is 5.89. The first-order chi connectivity index (χ1) is 9.92. The molecule has 0 aliphatic rings. The summed E-state index contributed by atoms with van der Waals surface area (Å²) in [6.45, 7) is 11.5. The first-order valence-electron chi connectivity index (χ1n) is 8.00. The number of benzene rings is 1. The second-order valence-electron chi connectivity index (χ2n) is 6.62. The molecule has 1 unspecified atom stereocenters. The molecule has 3 heteroatoms. The van der Waals surface area contributed by atoms with Gasteiger partial charge in [0.05, 0.1) is 5.60 Å². The fraction of sp³-hybridized carbons (Fsp3) is 0.667. The molecule has 1 rings (SSSR count). The highest BCUT2D eigenvalue weighted by Gasteiger charge is 2.14. The number of nitrogens with one attached hydrogen (secondary N) is 1. The van der Waals surface area contributed by atoms with Crippen molar-refractivity contribution in [2.45, 2.75) is 52.6 Å². The Labute approximate surface area is 138 Å². The van der Waals surface area contributed by atoms with Gasteiger partial charge in [-0.05, 0) is 70.7 Å². The Balaban J connectivity index is 2.53. The van der Waals surface area contributed by atoms with E-state index in [0.29, 0.717) is 5.92 Å². The van der Waals surface area contributed by atoms with Gasteiger partial charge in [-0.3, -0.25) is 0 Å². The quantitative estimate of drug-likeness (QED) is 0.641. The van der Waals surface area contributed by atoms with Crippen molar-refractivity contribution in [3.05, 3.63) is 34.3 Å². The van der Waals surface area contributed by atoms with Crippen LogP contribution < -0.4 is 5.32 Å². The molecular formula is C18H30BrNO. The Morgan fingerprint density at radius 3 is 2.57 bits per heavy atom. The van der Waals surface area contributed by atoms with Gasteiger partial charge in [0.1, 0.15) is 0 Å². The van der Waals surface area contributed by atoms with Gasteiger partial charge in [0, 0.05) is 11.1 Å². The van der Waals surface area contributed by atoms with E-state index in [4.69, 9.17) is 4.74 Å². The monoisotopic (exact) mass is 355 g/mol. The lowest BCUT2D eigenvalue weighted by molar-refractivity contribution is -0.00919. The van der Waals surface area contributed by atoms with E-state index in [9.17, 15) is 0 Å². The van der Waals surface area contributed by atoms with Crippen molar-refractivity contribution in [3.8, 4) is 0 Å². The van der Waals surface area contributed by atoms with Crippen LogP contribution in [-0.2, 0) is 11.2 Å². The van der Waals surface area contributed by atoms with Crippen molar-refractivity contribution in [3.63, 3.8) is 0 Å². The molecule has 0 spiro atoms. The zero-order chi connectivity index (χ0) is 15.7. The molecule has 0 aliphatic heterocycles. The molecule has 1 atom stereocenters. The van der Waals surface area contributed by atoms with Crippen LogP contribution in [-0.4, -0.2) is 25.3 Å². The van der Waals surface area contributed by atoms with Crippen molar-refractivity contribution in [1.82, 2.24) is 5.32 Å². The minimum Gasteiger partial charge on any atom is -0.376 e. The van der Waals surface area contributed by atoms with E-state index in [2.05, 4.69) is 73.2 Å². The fourth-order valence-electron chi connectivity index (χ4n) is 2.27. The largest absolute Gasteiger partial charge is 0.376 e. The predicted octanol–water partition coefficient (Wildman–Crippen LogP) is 4.81. The number of hydrogen-bond donors (Lipinski definition) is 1. The Morgan fingerprint density at radius 2 is 1.95 bits per heavy atom. The molecule has 0 fully saturated rings. The average Bonchev–Trinajstić information content (AvgIpc) is 2.40. The van der Waals surface area contributed by atoms with Crippen molar-refractivity contribution < 1.29 is 4.74 Å². The molecule has 2 nitrogen and oxygen atoms in total. The molecule has 21 heavy (non-hydrogen) atoms. The van der Waals surface area contributed by atoms with Gasteiger partial charge >= 0.3 is 0 Å². The highest BCUT2D eigenvalue weighted by molar-refractivity contribution is 9.10. The van der Waals surface area contributed by atoms with Crippen LogP contribution >= 0.6 is 15.9 Å². The predicted molar refractivity (Wildman–Crippen MR) is 94.8 cm³/mol. The fourth-order valence-corrected chi connectivity index (χ4v) is 2.71. The van der Waals surface area contributed by atoms with Crippen LogP contribution in [0.5, 0.6) is 0 Å². The van der Waals surface area contributed by atoms with Gasteiger partial charge in [-0.25, -0.2) is 0 Å². The van der Waals surface area contributed by atoms with Crippen molar-refractivity contribution >= 4 is 15.9 Å². The Morgan fingerprint density at radius 1 is 1.24 bits per heavy atom. The summed E-state index contributed by atoms with van der Waals surface area (Å²) in [6, 6.07) is 8.52. The molecule has 1 aromatic carbocycles. The summed E-state index contributed by atoms with van der Waals surface area (Å²) >= 11 is 3.65. The lowest BCUT2D eigenvalue weighted by Crippen LogP contribution is -2.28. The summed E-state index contributed by atoms with van der Waals surface area (Å²) in [6.07, 6.45) is 3.36. The van der Waals surface area contributed by atoms with Gasteiger partial charge in [-0.15, -0.1) is 0 Å². The molecule has 0 bridgehead atoms. The van der Waals surface area contributed by atoms with Gasteiger partial charge in [0.2, 0.25) is 0 Å². The molecule has 0 heterocycles. The summed E-state index contributed by atoms with van der Waals surface area (Å²) < 4.78 is 7.10. The molecule has 0 aliphatic carbocycles. The van der Waals surface area contributed by atoms with Crippen molar-refractivity contribution in [2.75, 3.05) is 19.7 Å². The van der Waals surface area contributed by atoms with E-state index in [1.54, 1.807) is 0 Å². The van der Waals surface area contributed by atoms with E-state index in [1.807, 2.05) is 0 Å². The third-order valence-corrected chi connectivity index (χ3v) is 4.16.